The van der Waals surface area contributed by atoms with Crippen molar-refractivity contribution in [1.29, 1.82) is 0 Å². The first-order valence-electron chi connectivity index (χ1n) is 7.72. The molecule has 0 aliphatic rings. The van der Waals surface area contributed by atoms with E-state index in [9.17, 15) is 0 Å². The number of aromatic nitrogens is 2. The van der Waals surface area contributed by atoms with Crippen molar-refractivity contribution >= 4 is 16.7 Å². The van der Waals surface area contributed by atoms with Crippen molar-refractivity contribution in [2.45, 2.75) is 0 Å². The Hall–Kier alpha value is -3.27. The molecule has 2 aromatic carbocycles. The number of ether oxygens (including phenoxy) is 1. The van der Waals surface area contributed by atoms with Gasteiger partial charge in [-0.15, -0.1) is 0 Å². The highest BCUT2D eigenvalue weighted by atomic mass is 16.5. The van der Waals surface area contributed by atoms with E-state index in [1.807, 2.05) is 54.9 Å². The summed E-state index contributed by atoms with van der Waals surface area (Å²) in [6.45, 7) is 0. The summed E-state index contributed by atoms with van der Waals surface area (Å²) in [5.41, 5.74) is 11.6. The third-order valence-corrected chi connectivity index (χ3v) is 4.17. The Morgan fingerprint density at radius 2 is 1.75 bits per heavy atom. The molecule has 4 heteroatoms. The molecule has 0 unspecified atom stereocenters. The zero-order valence-electron chi connectivity index (χ0n) is 13.3. The van der Waals surface area contributed by atoms with Crippen molar-refractivity contribution in [3.63, 3.8) is 0 Å². The van der Waals surface area contributed by atoms with Gasteiger partial charge in [0.05, 0.1) is 7.11 Å². The molecule has 2 aromatic heterocycles. The fraction of sp³-hybridized carbons (Fsp3) is 0.0500. The van der Waals surface area contributed by atoms with E-state index in [-0.39, 0.29) is 0 Å². The molecule has 0 aliphatic carbocycles. The molecule has 4 nitrogen and oxygen atoms in total. The molecule has 4 aromatic rings. The SMILES string of the molecule is COc1ccccc1-c1c[nH]c2ncc(-c3ccc(N)cc3)cc12. The summed E-state index contributed by atoms with van der Waals surface area (Å²) in [5.74, 6) is 0.844. The van der Waals surface area contributed by atoms with Crippen LogP contribution in [0.15, 0.2) is 67.0 Å². The Kier molecular flexibility index (Phi) is 3.43. The number of nitrogens with zero attached hydrogens (tertiary/aromatic N) is 1. The number of fused-ring (bicyclic) bond motifs is 1. The van der Waals surface area contributed by atoms with Gasteiger partial charge < -0.3 is 15.5 Å². The molecule has 3 N–H and O–H groups in total. The van der Waals surface area contributed by atoms with E-state index >= 15 is 0 Å². The molecule has 0 spiro atoms. The van der Waals surface area contributed by atoms with E-state index in [0.717, 1.165) is 44.7 Å². The van der Waals surface area contributed by atoms with Gasteiger partial charge in [0, 0.05) is 40.2 Å². The summed E-state index contributed by atoms with van der Waals surface area (Å²) >= 11 is 0. The molecular weight excluding hydrogens is 298 g/mol. The Labute approximate surface area is 139 Å². The highest BCUT2D eigenvalue weighted by Gasteiger charge is 2.12. The van der Waals surface area contributed by atoms with Crippen LogP contribution in [0.3, 0.4) is 0 Å². The second-order valence-corrected chi connectivity index (χ2v) is 5.64. The summed E-state index contributed by atoms with van der Waals surface area (Å²) in [6.07, 6.45) is 3.85. The Morgan fingerprint density at radius 1 is 0.958 bits per heavy atom. The van der Waals surface area contributed by atoms with E-state index in [4.69, 9.17) is 10.5 Å². The van der Waals surface area contributed by atoms with Crippen molar-refractivity contribution in [3.05, 3.63) is 67.0 Å². The lowest BCUT2D eigenvalue weighted by molar-refractivity contribution is 0.416. The maximum absolute atomic E-state index is 5.78. The van der Waals surface area contributed by atoms with Crippen LogP contribution in [0.1, 0.15) is 0 Å². The van der Waals surface area contributed by atoms with Gasteiger partial charge in [-0.3, -0.25) is 0 Å². The molecule has 24 heavy (non-hydrogen) atoms. The lowest BCUT2D eigenvalue weighted by Gasteiger charge is -2.08. The zero-order valence-corrected chi connectivity index (χ0v) is 13.3. The maximum atomic E-state index is 5.78. The molecule has 0 saturated heterocycles. The summed E-state index contributed by atoms with van der Waals surface area (Å²) in [7, 11) is 1.69. The van der Waals surface area contributed by atoms with Gasteiger partial charge in [0.15, 0.2) is 0 Å². The number of rotatable bonds is 3. The van der Waals surface area contributed by atoms with Crippen LogP contribution in [0.4, 0.5) is 5.69 Å². The number of hydrogen-bond acceptors (Lipinski definition) is 3. The van der Waals surface area contributed by atoms with E-state index in [1.54, 1.807) is 7.11 Å². The van der Waals surface area contributed by atoms with Crippen LogP contribution < -0.4 is 10.5 Å². The van der Waals surface area contributed by atoms with Gasteiger partial charge in [-0.1, -0.05) is 30.3 Å². The quantitative estimate of drug-likeness (QED) is 0.548. The molecule has 4 rings (SSSR count). The Balaban J connectivity index is 1.89. The van der Waals surface area contributed by atoms with Crippen LogP contribution in [0.5, 0.6) is 5.75 Å². The highest BCUT2D eigenvalue weighted by molar-refractivity contribution is 5.97. The number of methoxy groups -OCH3 is 1. The lowest BCUT2D eigenvalue weighted by Crippen LogP contribution is -1.87. The number of H-pyrrole nitrogens is 1. The molecule has 0 saturated carbocycles. The van der Waals surface area contributed by atoms with Crippen molar-refractivity contribution in [3.8, 4) is 28.0 Å². The number of aromatic amines is 1. The number of pyridine rings is 1. The second kappa shape index (κ2) is 5.74. The summed E-state index contributed by atoms with van der Waals surface area (Å²) in [6, 6.07) is 18.0. The van der Waals surface area contributed by atoms with E-state index in [0.29, 0.717) is 0 Å². The molecule has 118 valence electrons. The number of anilines is 1. The number of para-hydroxylation sites is 1. The van der Waals surface area contributed by atoms with E-state index < -0.39 is 0 Å². The minimum absolute atomic E-state index is 0.754. The lowest BCUT2D eigenvalue weighted by atomic mass is 10.0. The van der Waals surface area contributed by atoms with Crippen LogP contribution >= 0.6 is 0 Å². The minimum Gasteiger partial charge on any atom is -0.496 e. The number of nitrogens with two attached hydrogens (primary N) is 1. The van der Waals surface area contributed by atoms with Gasteiger partial charge in [-0.05, 0) is 29.8 Å². The maximum Gasteiger partial charge on any atom is 0.137 e. The number of nitrogens with one attached hydrogen (secondary N) is 1. The third kappa shape index (κ3) is 2.38. The van der Waals surface area contributed by atoms with Gasteiger partial charge in [0.1, 0.15) is 11.4 Å². The van der Waals surface area contributed by atoms with E-state index in [1.165, 1.54) is 0 Å². The van der Waals surface area contributed by atoms with Gasteiger partial charge in [0.25, 0.3) is 0 Å². The largest absolute Gasteiger partial charge is 0.496 e. The molecule has 0 atom stereocenters. The second-order valence-electron chi connectivity index (χ2n) is 5.64. The standard InChI is InChI=1S/C20H17N3O/c1-24-19-5-3-2-4-16(19)18-12-23-20-17(18)10-14(11-22-20)13-6-8-15(21)9-7-13/h2-12H,21H2,1H3,(H,22,23). The Bertz CT molecular complexity index is 1000. The first-order valence-corrected chi connectivity index (χ1v) is 7.72. The fourth-order valence-electron chi connectivity index (χ4n) is 2.93. The number of hydrogen-bond donors (Lipinski definition) is 2. The molecule has 2 heterocycles. The van der Waals surface area contributed by atoms with Crippen molar-refractivity contribution < 1.29 is 4.74 Å². The normalized spacial score (nSPS) is 10.9. The smallest absolute Gasteiger partial charge is 0.137 e. The average molecular weight is 315 g/mol. The number of nitrogen functional groups attached to an aromatic ring is 1. The zero-order chi connectivity index (χ0) is 16.5. The molecule has 0 amide bonds. The fourth-order valence-corrected chi connectivity index (χ4v) is 2.93. The highest BCUT2D eigenvalue weighted by Crippen LogP contribution is 2.35. The predicted octanol–water partition coefficient (Wildman–Crippen LogP) is 4.49. The predicted molar refractivity (Wildman–Crippen MR) is 97.9 cm³/mol. The average Bonchev–Trinajstić information content (AvgIpc) is 3.05. The monoisotopic (exact) mass is 315 g/mol. The van der Waals surface area contributed by atoms with Crippen LogP contribution in [-0.4, -0.2) is 17.1 Å². The van der Waals surface area contributed by atoms with Crippen LogP contribution in [-0.2, 0) is 0 Å². The minimum atomic E-state index is 0.754. The van der Waals surface area contributed by atoms with Crippen molar-refractivity contribution in [1.82, 2.24) is 9.97 Å². The van der Waals surface area contributed by atoms with Crippen LogP contribution in [0.2, 0.25) is 0 Å². The topological polar surface area (TPSA) is 63.9 Å². The third-order valence-electron chi connectivity index (χ3n) is 4.17. The summed E-state index contributed by atoms with van der Waals surface area (Å²) in [4.78, 5) is 7.79. The summed E-state index contributed by atoms with van der Waals surface area (Å²) in [5, 5.41) is 1.06. The van der Waals surface area contributed by atoms with Gasteiger partial charge in [0.2, 0.25) is 0 Å². The molecule has 0 bridgehead atoms. The first-order chi connectivity index (χ1) is 11.8. The van der Waals surface area contributed by atoms with Crippen LogP contribution in [0.25, 0.3) is 33.3 Å². The number of benzene rings is 2. The van der Waals surface area contributed by atoms with Gasteiger partial charge >= 0.3 is 0 Å². The molecular formula is C20H17N3O. The Morgan fingerprint density at radius 3 is 2.54 bits per heavy atom. The summed E-state index contributed by atoms with van der Waals surface area (Å²) < 4.78 is 5.50. The molecule has 0 radical (unpaired) electrons. The molecule has 0 aliphatic heterocycles. The van der Waals surface area contributed by atoms with Crippen molar-refractivity contribution in [2.24, 2.45) is 0 Å². The first kappa shape index (κ1) is 14.3. The van der Waals surface area contributed by atoms with Crippen LogP contribution in [0, 0.1) is 0 Å². The van der Waals surface area contributed by atoms with E-state index in [2.05, 4.69) is 22.1 Å². The van der Waals surface area contributed by atoms with Gasteiger partial charge in [-0.25, -0.2) is 4.98 Å². The van der Waals surface area contributed by atoms with Gasteiger partial charge in [-0.2, -0.15) is 0 Å². The molecule has 0 fully saturated rings. The van der Waals surface area contributed by atoms with Crippen molar-refractivity contribution in [2.75, 3.05) is 12.8 Å².